The van der Waals surface area contributed by atoms with E-state index in [0.717, 1.165) is 5.69 Å². The predicted octanol–water partition coefficient (Wildman–Crippen LogP) is 1.82. The molecule has 0 aliphatic carbocycles. The van der Waals surface area contributed by atoms with Crippen LogP contribution in [0.25, 0.3) is 0 Å². The van der Waals surface area contributed by atoms with Crippen LogP contribution in [0.5, 0.6) is 0 Å². The van der Waals surface area contributed by atoms with Gasteiger partial charge in [-0.1, -0.05) is 12.1 Å². The molecule has 1 heterocycles. The fourth-order valence-electron chi connectivity index (χ4n) is 1.86. The molecular formula is C14H18FN5OS. The molecule has 6 nitrogen and oxygen atoms in total. The maximum Gasteiger partial charge on any atom is 0.321 e. The van der Waals surface area contributed by atoms with Gasteiger partial charge < -0.3 is 16.4 Å². The van der Waals surface area contributed by atoms with Gasteiger partial charge in [0.25, 0.3) is 0 Å². The zero-order valence-corrected chi connectivity index (χ0v) is 12.9. The van der Waals surface area contributed by atoms with Crippen molar-refractivity contribution in [3.63, 3.8) is 0 Å². The number of anilines is 1. The molecule has 2 amide bonds. The third-order valence-corrected chi connectivity index (χ3v) is 3.80. The predicted molar refractivity (Wildman–Crippen MR) is 85.2 cm³/mol. The van der Waals surface area contributed by atoms with Crippen molar-refractivity contribution in [3.8, 4) is 0 Å². The first-order valence-corrected chi connectivity index (χ1v) is 7.62. The van der Waals surface area contributed by atoms with Crippen LogP contribution in [0.3, 0.4) is 0 Å². The number of carbonyl (C=O) groups is 1. The number of nitrogens with one attached hydrogen (secondary N) is 3. The molecule has 2 aromatic rings. The molecule has 0 aliphatic rings. The Hall–Kier alpha value is -2.03. The van der Waals surface area contributed by atoms with Crippen LogP contribution >= 0.6 is 11.3 Å². The van der Waals surface area contributed by atoms with Crippen molar-refractivity contribution >= 4 is 22.5 Å². The summed E-state index contributed by atoms with van der Waals surface area (Å²) < 4.78 is 13.0. The number of benzene rings is 1. The molecule has 22 heavy (non-hydrogen) atoms. The molecule has 1 aromatic carbocycles. The second-order valence-electron chi connectivity index (χ2n) is 4.59. The summed E-state index contributed by atoms with van der Waals surface area (Å²) in [4.78, 5) is 16.1. The minimum Gasteiger partial charge on any atom is -0.334 e. The van der Waals surface area contributed by atoms with E-state index in [1.807, 2.05) is 5.38 Å². The van der Waals surface area contributed by atoms with Crippen molar-refractivity contribution in [1.82, 2.24) is 15.6 Å². The van der Waals surface area contributed by atoms with Gasteiger partial charge in [-0.25, -0.2) is 14.2 Å². The van der Waals surface area contributed by atoms with Gasteiger partial charge in [-0.15, -0.1) is 11.3 Å². The fraction of sp³-hybridized carbons (Fsp3) is 0.286. The van der Waals surface area contributed by atoms with Gasteiger partial charge >= 0.3 is 6.03 Å². The minimum atomic E-state index is -0.390. The number of rotatable bonds is 6. The molecule has 0 spiro atoms. The lowest BCUT2D eigenvalue weighted by atomic mass is 10.2. The summed E-state index contributed by atoms with van der Waals surface area (Å²) in [7, 11) is 1.80. The van der Waals surface area contributed by atoms with E-state index in [-0.39, 0.29) is 24.4 Å². The van der Waals surface area contributed by atoms with Crippen molar-refractivity contribution in [2.75, 3.05) is 18.9 Å². The summed E-state index contributed by atoms with van der Waals surface area (Å²) in [5.41, 5.74) is 7.10. The van der Waals surface area contributed by atoms with Crippen molar-refractivity contribution in [3.05, 3.63) is 46.7 Å². The molecule has 0 bridgehead atoms. The number of urea groups is 1. The monoisotopic (exact) mass is 323 g/mol. The van der Waals surface area contributed by atoms with Gasteiger partial charge in [0.15, 0.2) is 5.13 Å². The number of aromatic nitrogens is 1. The molecule has 5 N–H and O–H groups in total. The quantitative estimate of drug-likeness (QED) is 0.652. The molecule has 0 radical (unpaired) electrons. The molecule has 0 saturated heterocycles. The van der Waals surface area contributed by atoms with Crippen molar-refractivity contribution in [1.29, 1.82) is 0 Å². The number of nitrogens with zero attached hydrogens (tertiary/aromatic N) is 1. The van der Waals surface area contributed by atoms with Gasteiger partial charge in [0, 0.05) is 18.5 Å². The number of nitrogens with two attached hydrogens (primary N) is 1. The van der Waals surface area contributed by atoms with E-state index >= 15 is 0 Å². The Labute approximate surface area is 131 Å². The van der Waals surface area contributed by atoms with Crippen LogP contribution in [-0.2, 0) is 6.54 Å². The first kappa shape index (κ1) is 16.3. The molecule has 1 unspecified atom stereocenters. The zero-order chi connectivity index (χ0) is 15.9. The Balaban J connectivity index is 1.87. The lowest BCUT2D eigenvalue weighted by Gasteiger charge is -2.09. The summed E-state index contributed by atoms with van der Waals surface area (Å²) >= 11 is 1.32. The van der Waals surface area contributed by atoms with Gasteiger partial charge in [0.05, 0.1) is 11.7 Å². The molecule has 0 aliphatic heterocycles. The van der Waals surface area contributed by atoms with Crippen LogP contribution in [0.1, 0.15) is 17.3 Å². The summed E-state index contributed by atoms with van der Waals surface area (Å²) in [6.07, 6.45) is 0. The Kier molecular flexibility index (Phi) is 5.82. The largest absolute Gasteiger partial charge is 0.334 e. The normalized spacial score (nSPS) is 12.0. The highest BCUT2D eigenvalue weighted by molar-refractivity contribution is 7.13. The highest BCUT2D eigenvalue weighted by Gasteiger charge is 2.12. The van der Waals surface area contributed by atoms with Crippen molar-refractivity contribution < 1.29 is 9.18 Å². The number of hydrogen-bond acceptors (Lipinski definition) is 5. The van der Waals surface area contributed by atoms with E-state index in [0.29, 0.717) is 17.2 Å². The Bertz CT molecular complexity index is 629. The van der Waals surface area contributed by atoms with Crippen LogP contribution in [0.4, 0.5) is 14.3 Å². The van der Waals surface area contributed by atoms with Gasteiger partial charge in [0.2, 0.25) is 0 Å². The van der Waals surface area contributed by atoms with Crippen molar-refractivity contribution in [2.45, 2.75) is 12.6 Å². The second kappa shape index (κ2) is 7.83. The molecule has 0 saturated carbocycles. The third-order valence-electron chi connectivity index (χ3n) is 3.03. The molecule has 0 fully saturated rings. The van der Waals surface area contributed by atoms with E-state index in [1.54, 1.807) is 19.2 Å². The van der Waals surface area contributed by atoms with Gasteiger partial charge in [-0.05, 0) is 24.7 Å². The van der Waals surface area contributed by atoms with Crippen molar-refractivity contribution in [2.24, 2.45) is 5.73 Å². The molecule has 118 valence electrons. The van der Waals surface area contributed by atoms with E-state index in [1.165, 1.54) is 23.5 Å². The highest BCUT2D eigenvalue weighted by Crippen LogP contribution is 2.19. The lowest BCUT2D eigenvalue weighted by Crippen LogP contribution is -2.28. The van der Waals surface area contributed by atoms with E-state index < -0.39 is 0 Å². The molecule has 8 heteroatoms. The smallest absolute Gasteiger partial charge is 0.321 e. The molecule has 2 rings (SSSR count). The summed E-state index contributed by atoms with van der Waals surface area (Å²) in [6, 6.07) is 5.64. The van der Waals surface area contributed by atoms with E-state index in [2.05, 4.69) is 20.9 Å². The first-order chi connectivity index (χ1) is 10.6. The topological polar surface area (TPSA) is 92.1 Å². The average Bonchev–Trinajstić information content (AvgIpc) is 2.95. The van der Waals surface area contributed by atoms with Gasteiger partial charge in [0.1, 0.15) is 5.82 Å². The van der Waals surface area contributed by atoms with E-state index in [9.17, 15) is 9.18 Å². The second-order valence-corrected chi connectivity index (χ2v) is 5.45. The first-order valence-electron chi connectivity index (χ1n) is 6.74. The molecular weight excluding hydrogens is 305 g/mol. The SMILES string of the molecule is CNC(CN)c1csc(NC(=O)NCc2cccc(F)c2)n1. The number of halogens is 1. The maximum atomic E-state index is 13.0. The average molecular weight is 323 g/mol. The van der Waals surface area contributed by atoms with Crippen LogP contribution < -0.4 is 21.7 Å². The number of carbonyl (C=O) groups excluding carboxylic acids is 1. The summed E-state index contributed by atoms with van der Waals surface area (Å²) in [5.74, 6) is -0.329. The van der Waals surface area contributed by atoms with Crippen LogP contribution in [0.2, 0.25) is 0 Å². The third kappa shape index (κ3) is 4.48. The van der Waals surface area contributed by atoms with Gasteiger partial charge in [-0.2, -0.15) is 0 Å². The standard InChI is InChI=1S/C14H18FN5OS/c1-17-11(6-16)12-8-22-14(19-12)20-13(21)18-7-9-3-2-4-10(15)5-9/h2-5,8,11,17H,6-7,16H2,1H3,(H2,18,19,20,21). The Morgan fingerprint density at radius 2 is 2.32 bits per heavy atom. The zero-order valence-electron chi connectivity index (χ0n) is 12.1. The molecule has 1 atom stereocenters. The van der Waals surface area contributed by atoms with Crippen LogP contribution in [0.15, 0.2) is 29.6 Å². The number of thiazole rings is 1. The Morgan fingerprint density at radius 1 is 1.50 bits per heavy atom. The number of hydrogen-bond donors (Lipinski definition) is 4. The highest BCUT2D eigenvalue weighted by atomic mass is 32.1. The minimum absolute atomic E-state index is 0.0397. The fourth-order valence-corrected chi connectivity index (χ4v) is 2.62. The van der Waals surface area contributed by atoms with Crippen LogP contribution in [-0.4, -0.2) is 24.6 Å². The van der Waals surface area contributed by atoms with Gasteiger partial charge in [-0.3, -0.25) is 5.32 Å². The number of likely N-dealkylation sites (N-methyl/N-ethyl adjacent to an activating group) is 1. The Morgan fingerprint density at radius 3 is 3.00 bits per heavy atom. The maximum absolute atomic E-state index is 13.0. The van der Waals surface area contributed by atoms with Crippen LogP contribution in [0, 0.1) is 5.82 Å². The summed E-state index contributed by atoms with van der Waals surface area (Å²) in [5, 5.41) is 10.7. The van der Waals surface area contributed by atoms with E-state index in [4.69, 9.17) is 5.73 Å². The molecule has 1 aromatic heterocycles. The lowest BCUT2D eigenvalue weighted by molar-refractivity contribution is 0.251. The summed E-state index contributed by atoms with van der Waals surface area (Å²) in [6.45, 7) is 0.662. The number of amides is 2.